The van der Waals surface area contributed by atoms with E-state index >= 15 is 0 Å². The number of Topliss-reactive ketones (excluding diaryl/α,β-unsaturated/α-hetero) is 1. The Bertz CT molecular complexity index is 486. The van der Waals surface area contributed by atoms with Crippen molar-refractivity contribution < 1.29 is 14.6 Å². The summed E-state index contributed by atoms with van der Waals surface area (Å²) in [5, 5.41) is 9.15. The highest BCUT2D eigenvalue weighted by Gasteiger charge is 2.29. The summed E-state index contributed by atoms with van der Waals surface area (Å²) in [6.45, 7) is 0. The number of benzene rings is 1. The summed E-state index contributed by atoms with van der Waals surface area (Å²) in [6, 6.07) is 0. The number of phenolic OH excluding ortho intramolecular Hbond substituents is 1. The summed E-state index contributed by atoms with van der Waals surface area (Å²) >= 11 is 23.4. The summed E-state index contributed by atoms with van der Waals surface area (Å²) in [6.07, 6.45) is 1.25. The van der Waals surface area contributed by atoms with Crippen molar-refractivity contribution in [3.63, 3.8) is 0 Å². The van der Waals surface area contributed by atoms with E-state index in [1.54, 1.807) is 0 Å². The molecule has 1 saturated carbocycles. The molecule has 0 saturated heterocycles. The van der Waals surface area contributed by atoms with E-state index in [0.717, 1.165) is 6.42 Å². The Morgan fingerprint density at radius 2 is 1.61 bits per heavy atom. The molecule has 18 heavy (non-hydrogen) atoms. The molecule has 1 aromatic carbocycles. The first kappa shape index (κ1) is 14.1. The average Bonchev–Trinajstić information content (AvgIpc) is 2.75. The number of ether oxygens (including phenoxy) is 1. The smallest absolute Gasteiger partial charge is 0.173 e. The molecule has 1 fully saturated rings. The lowest BCUT2D eigenvalue weighted by Crippen LogP contribution is -2.21. The van der Waals surface area contributed by atoms with Crippen molar-refractivity contribution in [1.29, 1.82) is 0 Å². The van der Waals surface area contributed by atoms with Crippen LogP contribution >= 0.6 is 46.4 Å². The van der Waals surface area contributed by atoms with Gasteiger partial charge in [0.25, 0.3) is 0 Å². The Morgan fingerprint density at radius 3 is 2.06 bits per heavy atom. The molecule has 7 heteroatoms. The quantitative estimate of drug-likeness (QED) is 0.812. The van der Waals surface area contributed by atoms with Gasteiger partial charge in [0.05, 0.1) is 0 Å². The summed E-state index contributed by atoms with van der Waals surface area (Å²) in [4.78, 5) is 11.5. The van der Waals surface area contributed by atoms with Crippen molar-refractivity contribution in [2.45, 2.75) is 25.4 Å². The van der Waals surface area contributed by atoms with Crippen molar-refractivity contribution in [3.8, 4) is 11.5 Å². The highest BCUT2D eigenvalue weighted by molar-refractivity contribution is 6.50. The van der Waals surface area contributed by atoms with E-state index in [0.29, 0.717) is 12.8 Å². The molecule has 3 nitrogen and oxygen atoms in total. The maximum absolute atomic E-state index is 11.5. The van der Waals surface area contributed by atoms with Gasteiger partial charge in [0, 0.05) is 6.42 Å². The molecule has 0 amide bonds. The average molecular weight is 330 g/mol. The minimum atomic E-state index is -0.586. The van der Waals surface area contributed by atoms with Gasteiger partial charge in [0.15, 0.2) is 23.4 Å². The molecule has 1 N–H and O–H groups in total. The molecule has 0 spiro atoms. The van der Waals surface area contributed by atoms with E-state index in [1.807, 2.05) is 0 Å². The number of hydrogen-bond donors (Lipinski definition) is 1. The molecular formula is C11H8Cl4O3. The van der Waals surface area contributed by atoms with Crippen LogP contribution in [0.2, 0.25) is 20.1 Å². The first-order chi connectivity index (χ1) is 8.43. The van der Waals surface area contributed by atoms with Crippen molar-refractivity contribution in [1.82, 2.24) is 0 Å². The SMILES string of the molecule is O=C1CCCC1Oc1c(Cl)c(Cl)c(O)c(Cl)c1Cl. The molecule has 1 aliphatic rings. The van der Waals surface area contributed by atoms with Crippen LogP contribution < -0.4 is 4.74 Å². The van der Waals surface area contributed by atoms with Crippen molar-refractivity contribution in [3.05, 3.63) is 20.1 Å². The van der Waals surface area contributed by atoms with Crippen LogP contribution in [-0.4, -0.2) is 17.0 Å². The van der Waals surface area contributed by atoms with Crippen LogP contribution in [0.5, 0.6) is 11.5 Å². The standard InChI is InChI=1S/C11H8Cl4O3/c12-6-8(14)11(9(15)7(13)10(6)17)18-5-3-1-2-4(5)16/h5,17H,1-3H2. The molecule has 1 unspecified atom stereocenters. The molecule has 0 aromatic heterocycles. The summed E-state index contributed by atoms with van der Waals surface area (Å²) in [5.41, 5.74) is 0. The number of ketones is 1. The maximum atomic E-state index is 11.5. The van der Waals surface area contributed by atoms with Crippen molar-refractivity contribution >= 4 is 52.2 Å². The van der Waals surface area contributed by atoms with E-state index in [2.05, 4.69) is 0 Å². The van der Waals surface area contributed by atoms with Crippen LogP contribution in [0, 0.1) is 0 Å². The van der Waals surface area contributed by atoms with Gasteiger partial charge in [0.2, 0.25) is 0 Å². The maximum Gasteiger partial charge on any atom is 0.173 e. The Kier molecular flexibility index (Phi) is 4.17. The van der Waals surface area contributed by atoms with Crippen LogP contribution in [0.4, 0.5) is 0 Å². The fraction of sp³-hybridized carbons (Fsp3) is 0.364. The topological polar surface area (TPSA) is 46.5 Å². The van der Waals surface area contributed by atoms with Gasteiger partial charge in [-0.05, 0) is 12.8 Å². The zero-order valence-electron chi connectivity index (χ0n) is 8.97. The minimum Gasteiger partial charge on any atom is -0.505 e. The fourth-order valence-corrected chi connectivity index (χ4v) is 2.67. The number of rotatable bonds is 2. The third kappa shape index (κ3) is 2.37. The van der Waals surface area contributed by atoms with Gasteiger partial charge in [-0.2, -0.15) is 0 Å². The van der Waals surface area contributed by atoms with Crippen LogP contribution in [0.3, 0.4) is 0 Å². The van der Waals surface area contributed by atoms with E-state index < -0.39 is 11.9 Å². The lowest BCUT2D eigenvalue weighted by atomic mass is 10.2. The Morgan fingerprint density at radius 1 is 1.06 bits per heavy atom. The third-order valence-corrected chi connectivity index (χ3v) is 4.36. The molecule has 98 valence electrons. The minimum absolute atomic E-state index is 0.0116. The van der Waals surface area contributed by atoms with E-state index in [4.69, 9.17) is 51.1 Å². The highest BCUT2D eigenvalue weighted by atomic mass is 35.5. The summed E-state index contributed by atoms with van der Waals surface area (Å²) in [5.74, 6) is -0.382. The third-order valence-electron chi connectivity index (χ3n) is 2.71. The zero-order chi connectivity index (χ0) is 13.4. The second kappa shape index (κ2) is 5.33. The first-order valence-electron chi connectivity index (χ1n) is 5.17. The molecule has 1 aromatic rings. The largest absolute Gasteiger partial charge is 0.505 e. The first-order valence-corrected chi connectivity index (χ1v) is 6.69. The van der Waals surface area contributed by atoms with Gasteiger partial charge in [-0.1, -0.05) is 46.4 Å². The molecule has 0 bridgehead atoms. The monoisotopic (exact) mass is 328 g/mol. The number of carbonyl (C=O) groups is 1. The zero-order valence-corrected chi connectivity index (χ0v) is 12.0. The van der Waals surface area contributed by atoms with Gasteiger partial charge in [0.1, 0.15) is 20.1 Å². The van der Waals surface area contributed by atoms with Gasteiger partial charge in [-0.15, -0.1) is 0 Å². The van der Waals surface area contributed by atoms with Gasteiger partial charge in [-0.25, -0.2) is 0 Å². The van der Waals surface area contributed by atoms with E-state index in [9.17, 15) is 9.90 Å². The molecule has 0 heterocycles. The number of carbonyl (C=O) groups excluding carboxylic acids is 1. The van der Waals surface area contributed by atoms with Crippen LogP contribution in [0.1, 0.15) is 19.3 Å². The lowest BCUT2D eigenvalue weighted by molar-refractivity contribution is -0.123. The summed E-state index contributed by atoms with van der Waals surface area (Å²) in [7, 11) is 0. The van der Waals surface area contributed by atoms with Crippen LogP contribution in [0.15, 0.2) is 0 Å². The van der Waals surface area contributed by atoms with Crippen molar-refractivity contribution in [2.75, 3.05) is 0 Å². The molecular weight excluding hydrogens is 322 g/mol. The second-order valence-electron chi connectivity index (χ2n) is 3.90. The van der Waals surface area contributed by atoms with Gasteiger partial charge >= 0.3 is 0 Å². The normalized spacial score (nSPS) is 19.3. The second-order valence-corrected chi connectivity index (χ2v) is 5.41. The number of aromatic hydroxyl groups is 1. The van der Waals surface area contributed by atoms with Gasteiger partial charge < -0.3 is 9.84 Å². The number of halogens is 4. The van der Waals surface area contributed by atoms with E-state index in [1.165, 1.54) is 0 Å². The molecule has 0 radical (unpaired) electrons. The number of hydrogen-bond acceptors (Lipinski definition) is 3. The molecule has 1 aliphatic carbocycles. The van der Waals surface area contributed by atoms with Crippen molar-refractivity contribution in [2.24, 2.45) is 0 Å². The van der Waals surface area contributed by atoms with Gasteiger partial charge in [-0.3, -0.25) is 4.79 Å². The Balaban J connectivity index is 2.41. The summed E-state index contributed by atoms with van der Waals surface area (Å²) < 4.78 is 5.47. The Hall–Kier alpha value is -0.350. The molecule has 0 aliphatic heterocycles. The predicted octanol–water partition coefficient (Wildman–Crippen LogP) is 4.51. The van der Waals surface area contributed by atoms with Crippen LogP contribution in [0.25, 0.3) is 0 Å². The number of phenols is 1. The fourth-order valence-electron chi connectivity index (χ4n) is 1.75. The molecule has 1 atom stereocenters. The molecule has 2 rings (SSSR count). The van der Waals surface area contributed by atoms with Crippen LogP contribution in [-0.2, 0) is 4.79 Å². The predicted molar refractivity (Wildman–Crippen MR) is 71.4 cm³/mol. The lowest BCUT2D eigenvalue weighted by Gasteiger charge is -2.17. The highest BCUT2D eigenvalue weighted by Crippen LogP contribution is 2.50. The van der Waals surface area contributed by atoms with E-state index in [-0.39, 0.29) is 31.6 Å². The Labute approximate surface area is 124 Å².